The highest BCUT2D eigenvalue weighted by atomic mass is 16.6. The fourth-order valence-corrected chi connectivity index (χ4v) is 3.68. The molecule has 1 aromatic rings. The van der Waals surface area contributed by atoms with Gasteiger partial charge in [0.15, 0.2) is 0 Å². The van der Waals surface area contributed by atoms with E-state index >= 15 is 0 Å². The number of carbonyl (C=O) groups excluding carboxylic acids is 1. The molecule has 2 N–H and O–H groups in total. The Morgan fingerprint density at radius 2 is 1.88 bits per heavy atom. The van der Waals surface area contributed by atoms with Gasteiger partial charge in [0.2, 0.25) is 0 Å². The lowest BCUT2D eigenvalue weighted by Gasteiger charge is -2.40. The van der Waals surface area contributed by atoms with Crippen molar-refractivity contribution in [2.24, 2.45) is 0 Å². The minimum atomic E-state index is -0.442. The van der Waals surface area contributed by atoms with Crippen LogP contribution in [0.5, 0.6) is 5.75 Å². The Bertz CT molecular complexity index is 618. The van der Waals surface area contributed by atoms with E-state index in [0.29, 0.717) is 12.1 Å². The molecule has 1 fully saturated rings. The third-order valence-electron chi connectivity index (χ3n) is 4.97. The number of rotatable bonds is 4. The molecule has 5 nitrogen and oxygen atoms in total. The molecular formula is C20H30N2O3. The fraction of sp³-hybridized carbons (Fsp3) is 0.650. The lowest BCUT2D eigenvalue weighted by atomic mass is 9.83. The summed E-state index contributed by atoms with van der Waals surface area (Å²) in [4.78, 5) is 11.8. The highest BCUT2D eigenvalue weighted by Crippen LogP contribution is 2.28. The van der Waals surface area contributed by atoms with Crippen molar-refractivity contribution in [1.82, 2.24) is 10.6 Å². The van der Waals surface area contributed by atoms with E-state index in [1.54, 1.807) is 7.11 Å². The molecule has 1 aromatic carbocycles. The standard InChI is InChI=1S/C20H30N2O3/c1-20(2,3)25-19(23)22-17-11-16(12-17)21-15-7-5-13-6-8-18(24-4)10-14(13)9-15/h6,8,10,15-17,21H,5,7,9,11-12H2,1-4H3,(H,22,23). The number of hydrogen-bond acceptors (Lipinski definition) is 4. The van der Waals surface area contributed by atoms with E-state index in [0.717, 1.165) is 31.4 Å². The van der Waals surface area contributed by atoms with E-state index in [2.05, 4.69) is 22.8 Å². The quantitative estimate of drug-likeness (QED) is 0.879. The first-order chi connectivity index (χ1) is 11.8. The van der Waals surface area contributed by atoms with Crippen molar-refractivity contribution in [3.8, 4) is 5.75 Å². The minimum absolute atomic E-state index is 0.225. The number of methoxy groups -OCH3 is 1. The smallest absolute Gasteiger partial charge is 0.407 e. The van der Waals surface area contributed by atoms with E-state index < -0.39 is 5.60 Å². The van der Waals surface area contributed by atoms with Gasteiger partial charge in [-0.1, -0.05) is 6.07 Å². The molecule has 1 atom stereocenters. The molecule has 3 rings (SSSR count). The maximum absolute atomic E-state index is 11.8. The number of hydrogen-bond donors (Lipinski definition) is 2. The van der Waals surface area contributed by atoms with Gasteiger partial charge in [-0.3, -0.25) is 0 Å². The van der Waals surface area contributed by atoms with Gasteiger partial charge in [0.05, 0.1) is 7.11 Å². The topological polar surface area (TPSA) is 59.6 Å². The van der Waals surface area contributed by atoms with Crippen molar-refractivity contribution < 1.29 is 14.3 Å². The van der Waals surface area contributed by atoms with E-state index in [1.807, 2.05) is 26.8 Å². The van der Waals surface area contributed by atoms with Crippen LogP contribution < -0.4 is 15.4 Å². The Hall–Kier alpha value is -1.75. The van der Waals surface area contributed by atoms with E-state index in [1.165, 1.54) is 17.5 Å². The summed E-state index contributed by atoms with van der Waals surface area (Å²) in [5, 5.41) is 6.71. The van der Waals surface area contributed by atoms with Gasteiger partial charge in [-0.15, -0.1) is 0 Å². The third-order valence-corrected chi connectivity index (χ3v) is 4.97. The van der Waals surface area contributed by atoms with Crippen LogP contribution in [0, 0.1) is 0 Å². The molecular weight excluding hydrogens is 316 g/mol. The van der Waals surface area contributed by atoms with Gasteiger partial charge >= 0.3 is 6.09 Å². The van der Waals surface area contributed by atoms with Gasteiger partial charge in [0.1, 0.15) is 11.4 Å². The predicted octanol–water partition coefficient (Wildman–Crippen LogP) is 3.20. The molecule has 0 aromatic heterocycles. The highest BCUT2D eigenvalue weighted by Gasteiger charge is 2.33. The number of ether oxygens (including phenoxy) is 2. The van der Waals surface area contributed by atoms with Crippen LogP contribution in [0.4, 0.5) is 4.79 Å². The van der Waals surface area contributed by atoms with E-state index in [9.17, 15) is 4.79 Å². The molecule has 2 aliphatic rings. The van der Waals surface area contributed by atoms with Crippen molar-refractivity contribution >= 4 is 6.09 Å². The highest BCUT2D eigenvalue weighted by molar-refractivity contribution is 5.68. The first-order valence-electron chi connectivity index (χ1n) is 9.24. The Kier molecular flexibility index (Phi) is 5.23. The predicted molar refractivity (Wildman–Crippen MR) is 98.1 cm³/mol. The molecule has 25 heavy (non-hydrogen) atoms. The van der Waals surface area contributed by atoms with Crippen LogP contribution in [0.3, 0.4) is 0 Å². The van der Waals surface area contributed by atoms with Gasteiger partial charge < -0.3 is 20.1 Å². The molecule has 1 unspecified atom stereocenters. The molecule has 1 saturated carbocycles. The lowest BCUT2D eigenvalue weighted by molar-refractivity contribution is 0.0462. The molecule has 0 bridgehead atoms. The minimum Gasteiger partial charge on any atom is -0.497 e. The van der Waals surface area contributed by atoms with Gasteiger partial charge in [-0.2, -0.15) is 0 Å². The maximum Gasteiger partial charge on any atom is 0.407 e. The van der Waals surface area contributed by atoms with Gasteiger partial charge in [-0.25, -0.2) is 4.79 Å². The number of amides is 1. The molecule has 0 aliphatic heterocycles. The van der Waals surface area contributed by atoms with Crippen molar-refractivity contribution in [2.45, 2.75) is 76.6 Å². The summed E-state index contributed by atoms with van der Waals surface area (Å²) in [5.41, 5.74) is 2.39. The average molecular weight is 346 g/mol. The van der Waals surface area contributed by atoms with Crippen LogP contribution in [0.15, 0.2) is 18.2 Å². The zero-order valence-electron chi connectivity index (χ0n) is 15.7. The zero-order valence-corrected chi connectivity index (χ0v) is 15.7. The zero-order chi connectivity index (χ0) is 18.0. The van der Waals surface area contributed by atoms with E-state index in [4.69, 9.17) is 9.47 Å². The summed E-state index contributed by atoms with van der Waals surface area (Å²) in [6.45, 7) is 5.65. The van der Waals surface area contributed by atoms with Gasteiger partial charge in [-0.05, 0) is 76.1 Å². The first-order valence-corrected chi connectivity index (χ1v) is 9.24. The summed E-state index contributed by atoms with van der Waals surface area (Å²) < 4.78 is 10.6. The van der Waals surface area contributed by atoms with Gasteiger partial charge in [0, 0.05) is 18.1 Å². The molecule has 1 amide bonds. The Balaban J connectivity index is 1.42. The SMILES string of the molecule is COc1ccc2c(c1)CC(NC1CC(NC(=O)OC(C)(C)C)C1)CC2. The van der Waals surface area contributed by atoms with Crippen LogP contribution >= 0.6 is 0 Å². The average Bonchev–Trinajstić information content (AvgIpc) is 2.50. The third kappa shape index (κ3) is 4.88. The lowest BCUT2D eigenvalue weighted by Crippen LogP contribution is -2.55. The summed E-state index contributed by atoms with van der Waals surface area (Å²) in [6.07, 6.45) is 4.97. The summed E-state index contributed by atoms with van der Waals surface area (Å²) in [6, 6.07) is 7.61. The Labute approximate surface area is 150 Å². The van der Waals surface area contributed by atoms with Crippen LogP contribution in [0.25, 0.3) is 0 Å². The Morgan fingerprint density at radius 1 is 1.12 bits per heavy atom. The van der Waals surface area contributed by atoms with Crippen LogP contribution in [0.2, 0.25) is 0 Å². The van der Waals surface area contributed by atoms with Gasteiger partial charge in [0.25, 0.3) is 0 Å². The first kappa shape index (κ1) is 18.1. The van der Waals surface area contributed by atoms with Crippen LogP contribution in [0.1, 0.15) is 51.2 Å². The number of benzene rings is 1. The number of fused-ring (bicyclic) bond motifs is 1. The number of carbonyl (C=O) groups is 1. The van der Waals surface area contributed by atoms with Crippen LogP contribution in [-0.2, 0) is 17.6 Å². The molecule has 138 valence electrons. The normalized spacial score (nSPS) is 25.5. The fourth-order valence-electron chi connectivity index (χ4n) is 3.68. The van der Waals surface area contributed by atoms with Crippen molar-refractivity contribution in [2.75, 3.05) is 7.11 Å². The summed E-state index contributed by atoms with van der Waals surface area (Å²) in [5.74, 6) is 0.935. The largest absolute Gasteiger partial charge is 0.497 e. The molecule has 2 aliphatic carbocycles. The maximum atomic E-state index is 11.8. The second-order valence-electron chi connectivity index (χ2n) is 8.25. The number of nitrogens with one attached hydrogen (secondary N) is 2. The van der Waals surface area contributed by atoms with Crippen molar-refractivity contribution in [3.63, 3.8) is 0 Å². The number of alkyl carbamates (subject to hydrolysis) is 1. The molecule has 0 radical (unpaired) electrons. The Morgan fingerprint density at radius 3 is 2.56 bits per heavy atom. The second kappa shape index (κ2) is 7.24. The van der Waals surface area contributed by atoms with Crippen LogP contribution in [-0.4, -0.2) is 36.9 Å². The molecule has 5 heteroatoms. The summed E-state index contributed by atoms with van der Waals surface area (Å²) >= 11 is 0. The second-order valence-corrected chi connectivity index (χ2v) is 8.25. The molecule has 0 saturated heterocycles. The van der Waals surface area contributed by atoms with Crippen molar-refractivity contribution in [3.05, 3.63) is 29.3 Å². The molecule has 0 heterocycles. The monoisotopic (exact) mass is 346 g/mol. The summed E-state index contributed by atoms with van der Waals surface area (Å²) in [7, 11) is 1.71. The van der Waals surface area contributed by atoms with E-state index in [-0.39, 0.29) is 12.1 Å². The number of aryl methyl sites for hydroxylation is 1. The van der Waals surface area contributed by atoms with Crippen molar-refractivity contribution in [1.29, 1.82) is 0 Å². The molecule has 0 spiro atoms.